The van der Waals surface area contributed by atoms with Crippen LogP contribution in [0.3, 0.4) is 0 Å². The first-order valence-electron chi connectivity index (χ1n) is 8.49. The molecule has 2 heterocycles. The van der Waals surface area contributed by atoms with Crippen LogP contribution >= 0.6 is 23.2 Å². The Morgan fingerprint density at radius 2 is 2.11 bits per heavy atom. The van der Waals surface area contributed by atoms with Crippen LogP contribution in [-0.4, -0.2) is 17.2 Å². The highest BCUT2D eigenvalue weighted by Gasteiger charge is 2.20. The minimum Gasteiger partial charge on any atom is -0.490 e. The summed E-state index contributed by atoms with van der Waals surface area (Å²) in [5, 5.41) is 7.42. The van der Waals surface area contributed by atoms with Crippen molar-refractivity contribution in [1.29, 1.82) is 0 Å². The molecule has 0 spiro atoms. The first-order valence-corrected chi connectivity index (χ1v) is 9.24. The Bertz CT molecular complexity index is 1020. The van der Waals surface area contributed by atoms with E-state index in [4.69, 9.17) is 32.5 Å². The molecule has 1 aliphatic rings. The van der Waals surface area contributed by atoms with Crippen LogP contribution in [0.15, 0.2) is 47.0 Å². The summed E-state index contributed by atoms with van der Waals surface area (Å²) < 4.78 is 11.1. The van der Waals surface area contributed by atoms with Crippen molar-refractivity contribution in [3.8, 4) is 17.1 Å². The average molecular weight is 403 g/mol. The van der Waals surface area contributed by atoms with Gasteiger partial charge in [0.1, 0.15) is 11.9 Å². The van der Waals surface area contributed by atoms with E-state index in [9.17, 15) is 4.79 Å². The van der Waals surface area contributed by atoms with E-state index in [0.717, 1.165) is 23.3 Å². The van der Waals surface area contributed by atoms with E-state index in [0.29, 0.717) is 27.2 Å². The van der Waals surface area contributed by atoms with Crippen molar-refractivity contribution in [3.63, 3.8) is 0 Å². The zero-order valence-corrected chi connectivity index (χ0v) is 16.0. The predicted molar refractivity (Wildman–Crippen MR) is 105 cm³/mol. The highest BCUT2D eigenvalue weighted by molar-refractivity contribution is 6.43. The number of rotatable bonds is 4. The van der Waals surface area contributed by atoms with E-state index in [1.165, 1.54) is 0 Å². The molecule has 1 aromatic heterocycles. The van der Waals surface area contributed by atoms with Crippen molar-refractivity contribution in [1.82, 2.24) is 5.16 Å². The number of nitrogens with one attached hydrogen (secondary N) is 1. The average Bonchev–Trinajstić information content (AvgIpc) is 3.23. The number of aromatic nitrogens is 1. The van der Waals surface area contributed by atoms with Crippen molar-refractivity contribution >= 4 is 34.8 Å². The molecule has 138 valence electrons. The topological polar surface area (TPSA) is 64.4 Å². The number of hydrogen-bond donors (Lipinski definition) is 1. The molecule has 0 saturated carbocycles. The molecule has 0 radical (unpaired) electrons. The first-order chi connectivity index (χ1) is 13.0. The fourth-order valence-electron chi connectivity index (χ4n) is 3.07. The van der Waals surface area contributed by atoms with Gasteiger partial charge in [0.15, 0.2) is 5.76 Å². The summed E-state index contributed by atoms with van der Waals surface area (Å²) in [4.78, 5) is 12.3. The van der Waals surface area contributed by atoms with Crippen LogP contribution in [0.2, 0.25) is 10.0 Å². The maximum absolute atomic E-state index is 12.3. The monoisotopic (exact) mass is 402 g/mol. The van der Waals surface area contributed by atoms with Crippen LogP contribution in [0.25, 0.3) is 11.3 Å². The number of ether oxygens (including phenoxy) is 1. The van der Waals surface area contributed by atoms with Gasteiger partial charge in [-0.1, -0.05) is 34.4 Å². The maximum atomic E-state index is 12.3. The molecule has 7 heteroatoms. The summed E-state index contributed by atoms with van der Waals surface area (Å²) in [5.74, 6) is 1.26. The summed E-state index contributed by atoms with van der Waals surface area (Å²) in [5.41, 5.74) is 3.05. The molecule has 0 fully saturated rings. The number of carbonyl (C=O) groups excluding carboxylic acids is 1. The largest absolute Gasteiger partial charge is 0.490 e. The third-order valence-electron chi connectivity index (χ3n) is 4.31. The van der Waals surface area contributed by atoms with Crippen molar-refractivity contribution < 1.29 is 14.1 Å². The predicted octanol–water partition coefficient (Wildman–Crippen LogP) is 5.15. The van der Waals surface area contributed by atoms with E-state index in [1.54, 1.807) is 24.3 Å². The van der Waals surface area contributed by atoms with Crippen molar-refractivity contribution in [2.45, 2.75) is 25.9 Å². The highest BCUT2D eigenvalue weighted by atomic mass is 35.5. The summed E-state index contributed by atoms with van der Waals surface area (Å²) >= 11 is 12.0. The summed E-state index contributed by atoms with van der Waals surface area (Å²) in [6.45, 7) is 2.04. The summed E-state index contributed by atoms with van der Waals surface area (Å²) in [6.07, 6.45) is 1.12. The van der Waals surface area contributed by atoms with E-state index in [1.807, 2.05) is 25.1 Å². The van der Waals surface area contributed by atoms with Crippen LogP contribution in [-0.2, 0) is 17.6 Å². The van der Waals surface area contributed by atoms with Crippen molar-refractivity contribution in [2.75, 3.05) is 5.32 Å². The zero-order chi connectivity index (χ0) is 19.0. The second-order valence-corrected chi connectivity index (χ2v) is 7.25. The normalized spacial score (nSPS) is 15.3. The zero-order valence-electron chi connectivity index (χ0n) is 14.5. The third kappa shape index (κ3) is 3.80. The van der Waals surface area contributed by atoms with Crippen LogP contribution in [0.1, 0.15) is 18.2 Å². The van der Waals surface area contributed by atoms with Crippen molar-refractivity contribution in [2.24, 2.45) is 0 Å². The summed E-state index contributed by atoms with van der Waals surface area (Å²) in [7, 11) is 0. The molecule has 2 aromatic carbocycles. The third-order valence-corrected chi connectivity index (χ3v) is 5.13. The molecule has 0 saturated heterocycles. The lowest BCUT2D eigenvalue weighted by molar-refractivity contribution is -0.115. The number of fused-ring (bicyclic) bond motifs is 1. The van der Waals surface area contributed by atoms with Crippen LogP contribution in [0.4, 0.5) is 5.69 Å². The number of hydrogen-bond acceptors (Lipinski definition) is 4. The van der Waals surface area contributed by atoms with Gasteiger partial charge >= 0.3 is 0 Å². The fraction of sp³-hybridized carbons (Fsp3) is 0.200. The quantitative estimate of drug-likeness (QED) is 0.654. The minimum atomic E-state index is -0.254. The SMILES string of the molecule is CC1Cc2cc(-c3cc(CC(=O)Nc4cccc(Cl)c4Cl)no3)ccc2O1. The maximum Gasteiger partial charge on any atom is 0.230 e. The van der Waals surface area contributed by atoms with Gasteiger partial charge in [0.05, 0.1) is 27.8 Å². The molecule has 1 amide bonds. The Morgan fingerprint density at radius 3 is 2.96 bits per heavy atom. The molecule has 0 bridgehead atoms. The van der Waals surface area contributed by atoms with E-state index in [2.05, 4.69) is 10.5 Å². The molecule has 5 nitrogen and oxygen atoms in total. The highest BCUT2D eigenvalue weighted by Crippen LogP contribution is 2.33. The molecule has 27 heavy (non-hydrogen) atoms. The van der Waals surface area contributed by atoms with Crippen molar-refractivity contribution in [3.05, 3.63) is 63.8 Å². The molecule has 1 atom stereocenters. The molecule has 1 unspecified atom stereocenters. The van der Waals surface area contributed by atoms with Crippen LogP contribution in [0.5, 0.6) is 5.75 Å². The van der Waals surface area contributed by atoms with E-state index < -0.39 is 0 Å². The van der Waals surface area contributed by atoms with Gasteiger partial charge < -0.3 is 14.6 Å². The number of benzene rings is 2. The molecule has 4 rings (SSSR count). The number of amides is 1. The van der Waals surface area contributed by atoms with Gasteiger partial charge in [-0.2, -0.15) is 0 Å². The fourth-order valence-corrected chi connectivity index (χ4v) is 3.41. The van der Waals surface area contributed by atoms with Gasteiger partial charge in [-0.15, -0.1) is 0 Å². The molecular formula is C20H16Cl2N2O3. The number of nitrogens with zero attached hydrogens (tertiary/aromatic N) is 1. The smallest absolute Gasteiger partial charge is 0.230 e. The lowest BCUT2D eigenvalue weighted by Crippen LogP contribution is -2.14. The second kappa shape index (κ2) is 7.25. The van der Waals surface area contributed by atoms with Crippen LogP contribution in [0, 0.1) is 0 Å². The number of halogens is 2. The molecular weight excluding hydrogens is 387 g/mol. The van der Waals surface area contributed by atoms with Gasteiger partial charge in [-0.25, -0.2) is 0 Å². The Kier molecular flexibility index (Phi) is 4.81. The lowest BCUT2D eigenvalue weighted by Gasteiger charge is -2.06. The van der Waals surface area contributed by atoms with E-state index in [-0.39, 0.29) is 18.4 Å². The van der Waals surface area contributed by atoms with Gasteiger partial charge in [0.25, 0.3) is 0 Å². The minimum absolute atomic E-state index is 0.0669. The lowest BCUT2D eigenvalue weighted by atomic mass is 10.1. The Morgan fingerprint density at radius 1 is 1.26 bits per heavy atom. The molecule has 3 aromatic rings. The van der Waals surface area contributed by atoms with Gasteiger partial charge in [-0.05, 0) is 42.8 Å². The van der Waals surface area contributed by atoms with E-state index >= 15 is 0 Å². The Balaban J connectivity index is 1.46. The molecule has 0 aliphatic carbocycles. The molecule has 1 aliphatic heterocycles. The van der Waals surface area contributed by atoms with Gasteiger partial charge in [-0.3, -0.25) is 4.79 Å². The summed E-state index contributed by atoms with van der Waals surface area (Å²) in [6, 6.07) is 12.7. The van der Waals surface area contributed by atoms with Crippen LogP contribution < -0.4 is 10.1 Å². The van der Waals surface area contributed by atoms with Gasteiger partial charge in [0.2, 0.25) is 5.91 Å². The number of carbonyl (C=O) groups is 1. The van der Waals surface area contributed by atoms with Gasteiger partial charge in [0, 0.05) is 18.1 Å². The first kappa shape index (κ1) is 17.9. The molecule has 1 N–H and O–H groups in total. The second-order valence-electron chi connectivity index (χ2n) is 6.46. The number of anilines is 1. The standard InChI is InChI=1S/C20H16Cl2N2O3/c1-11-7-13-8-12(5-6-17(13)26-11)18-9-14(24-27-18)10-19(25)23-16-4-2-3-15(21)20(16)22/h2-6,8-9,11H,7,10H2,1H3,(H,23,25). The Hall–Kier alpha value is -2.50. The Labute approximate surface area is 166 Å².